The summed E-state index contributed by atoms with van der Waals surface area (Å²) in [6.45, 7) is 12.8. The number of carbonyl (C=O) groups excluding carboxylic acids is 2. The third-order valence-electron chi connectivity index (χ3n) is 7.93. The van der Waals surface area contributed by atoms with Crippen LogP contribution < -0.4 is 0 Å². The Kier molecular flexibility index (Phi) is 8.62. The van der Waals surface area contributed by atoms with Gasteiger partial charge in [-0.05, 0) is 51.2 Å². The third kappa shape index (κ3) is 6.59. The third-order valence-corrected chi connectivity index (χ3v) is 8.72. The number of aromatic nitrogens is 1. The van der Waals surface area contributed by atoms with Crippen molar-refractivity contribution in [2.45, 2.75) is 111 Å². The van der Waals surface area contributed by atoms with Crippen LogP contribution in [0.5, 0.6) is 0 Å². The zero-order valence-corrected chi connectivity index (χ0v) is 22.9. The number of ether oxygens (including phenoxy) is 2. The molecule has 0 bridgehead atoms. The Balaban J connectivity index is 1.85. The summed E-state index contributed by atoms with van der Waals surface area (Å²) in [5, 5.41) is 24.6. The van der Waals surface area contributed by atoms with Crippen LogP contribution in [0.1, 0.15) is 84.3 Å². The van der Waals surface area contributed by atoms with E-state index in [2.05, 4.69) is 11.9 Å². The molecule has 196 valence electrons. The van der Waals surface area contributed by atoms with E-state index < -0.39 is 35.6 Å². The normalized spacial score (nSPS) is 37.5. The second-order valence-corrected chi connectivity index (χ2v) is 12.3. The number of rotatable bonds is 2. The van der Waals surface area contributed by atoms with Crippen molar-refractivity contribution in [1.82, 2.24) is 4.98 Å². The quantitative estimate of drug-likeness (QED) is 0.449. The van der Waals surface area contributed by atoms with Crippen molar-refractivity contribution in [2.24, 2.45) is 17.3 Å². The highest BCUT2D eigenvalue weighted by Gasteiger charge is 2.53. The molecule has 1 unspecified atom stereocenters. The zero-order chi connectivity index (χ0) is 26.1. The molecule has 2 N–H and O–H groups in total. The van der Waals surface area contributed by atoms with E-state index in [-0.39, 0.29) is 29.8 Å². The number of cyclic esters (lactones) is 1. The maximum atomic E-state index is 13.2. The molecule has 2 fully saturated rings. The number of aryl methyl sites for hydroxylation is 1. The van der Waals surface area contributed by atoms with Crippen molar-refractivity contribution in [1.29, 1.82) is 0 Å². The van der Waals surface area contributed by atoms with Crippen molar-refractivity contribution in [2.75, 3.05) is 0 Å². The molecule has 0 amide bonds. The number of carbonyl (C=O) groups is 2. The molecule has 2 aliphatic rings. The highest BCUT2D eigenvalue weighted by atomic mass is 32.1. The first-order valence-corrected chi connectivity index (χ1v) is 13.5. The summed E-state index contributed by atoms with van der Waals surface area (Å²) in [4.78, 5) is 30.6. The van der Waals surface area contributed by atoms with Crippen LogP contribution in [0.15, 0.2) is 11.0 Å². The number of fused-ring (bicyclic) bond motifs is 1. The molecule has 0 aliphatic carbocycles. The smallest absolute Gasteiger partial charge is 0.309 e. The number of aliphatic hydroxyl groups excluding tert-OH is 2. The van der Waals surface area contributed by atoms with Crippen molar-refractivity contribution in [3.05, 3.63) is 21.7 Å². The van der Waals surface area contributed by atoms with E-state index in [0.717, 1.165) is 35.5 Å². The number of hydrogen-bond acceptors (Lipinski definition) is 8. The number of esters is 1. The molecular formula is C27H41NO6S. The van der Waals surface area contributed by atoms with Crippen molar-refractivity contribution >= 4 is 29.2 Å². The highest BCUT2D eigenvalue weighted by molar-refractivity contribution is 7.09. The second-order valence-electron chi connectivity index (χ2n) is 11.3. The highest BCUT2D eigenvalue weighted by Crippen LogP contribution is 2.45. The molecule has 2 aliphatic heterocycles. The van der Waals surface area contributed by atoms with E-state index in [4.69, 9.17) is 9.47 Å². The average molecular weight is 508 g/mol. The van der Waals surface area contributed by atoms with Crippen LogP contribution in [-0.4, -0.2) is 57.0 Å². The van der Waals surface area contributed by atoms with E-state index in [1.54, 1.807) is 32.1 Å². The number of aliphatic hydroxyl groups is 2. The van der Waals surface area contributed by atoms with Crippen LogP contribution in [0.3, 0.4) is 0 Å². The zero-order valence-electron chi connectivity index (χ0n) is 22.0. The number of Topliss-reactive ketones (excluding diaryl/α,β-unsaturated/α-hetero) is 1. The summed E-state index contributed by atoms with van der Waals surface area (Å²) in [6, 6.07) is 0. The van der Waals surface area contributed by atoms with Crippen molar-refractivity contribution < 1.29 is 29.3 Å². The Morgan fingerprint density at radius 1 is 1.23 bits per heavy atom. The van der Waals surface area contributed by atoms with E-state index in [1.165, 1.54) is 0 Å². The molecule has 0 saturated carbocycles. The molecule has 1 aromatic rings. The van der Waals surface area contributed by atoms with Gasteiger partial charge >= 0.3 is 5.97 Å². The molecule has 8 heteroatoms. The number of hydrogen-bond donors (Lipinski definition) is 2. The van der Waals surface area contributed by atoms with Gasteiger partial charge in [-0.1, -0.05) is 34.1 Å². The largest absolute Gasteiger partial charge is 0.458 e. The summed E-state index contributed by atoms with van der Waals surface area (Å²) < 4.78 is 11.9. The lowest BCUT2D eigenvalue weighted by molar-refractivity contribution is -0.154. The van der Waals surface area contributed by atoms with Crippen LogP contribution in [0.2, 0.25) is 0 Å². The Bertz CT molecular complexity index is 955. The Labute approximate surface area is 212 Å². The molecule has 0 radical (unpaired) electrons. The van der Waals surface area contributed by atoms with Gasteiger partial charge in [0.25, 0.3) is 0 Å². The lowest BCUT2D eigenvalue weighted by atomic mass is 9.73. The van der Waals surface area contributed by atoms with E-state index >= 15 is 0 Å². The molecule has 7 atom stereocenters. The number of epoxide rings is 1. The molecule has 2 saturated heterocycles. The fourth-order valence-electron chi connectivity index (χ4n) is 5.07. The van der Waals surface area contributed by atoms with Crippen LogP contribution in [0.4, 0.5) is 0 Å². The minimum atomic E-state index is -1.23. The van der Waals surface area contributed by atoms with Crippen LogP contribution in [0.25, 0.3) is 6.08 Å². The topological polar surface area (TPSA) is 109 Å². The summed E-state index contributed by atoms with van der Waals surface area (Å²) in [6.07, 6.45) is 1.98. The lowest BCUT2D eigenvalue weighted by Gasteiger charge is -2.34. The number of ketones is 1. The predicted octanol–water partition coefficient (Wildman–Crippen LogP) is 4.48. The molecule has 0 spiro atoms. The molecule has 0 aromatic carbocycles. The second kappa shape index (κ2) is 10.8. The Morgan fingerprint density at radius 2 is 1.91 bits per heavy atom. The fourth-order valence-corrected chi connectivity index (χ4v) is 5.64. The van der Waals surface area contributed by atoms with Gasteiger partial charge in [-0.3, -0.25) is 9.59 Å². The molecule has 35 heavy (non-hydrogen) atoms. The number of thiazole rings is 1. The van der Waals surface area contributed by atoms with Crippen molar-refractivity contribution in [3.8, 4) is 0 Å². The first-order valence-electron chi connectivity index (χ1n) is 12.6. The SMILES string of the molecule is CC(=Cc1csc(C)n1)C1C[C@@H]2O[C@]2(C)CCC[C@@H](C)[C@H](O)[C@@H](C)C(=O)C(C)(C)[C@@H](O)CC(=O)O1. The minimum absolute atomic E-state index is 0.0455. The van der Waals surface area contributed by atoms with Gasteiger partial charge < -0.3 is 19.7 Å². The standard InChI is InChI=1S/C27H41NO6S/c1-15-9-8-10-27(7)22(34-27)12-20(16(2)11-19-14-35-18(4)28-19)33-23(30)13-21(29)26(5,6)25(32)17(3)24(15)31/h11,14-15,17,20-22,24,29,31H,8-10,12-13H2,1-7H3/t15-,17-,20?,21+,22+,24+,27-/m1/s1. The van der Waals surface area contributed by atoms with Gasteiger partial charge in [0.15, 0.2) is 0 Å². The first kappa shape index (κ1) is 28.0. The van der Waals surface area contributed by atoms with E-state index in [0.29, 0.717) is 6.42 Å². The molecule has 1 aromatic heterocycles. The van der Waals surface area contributed by atoms with E-state index in [9.17, 15) is 19.8 Å². The van der Waals surface area contributed by atoms with Gasteiger partial charge in [0.2, 0.25) is 0 Å². The fraction of sp³-hybridized carbons (Fsp3) is 0.741. The molecule has 7 nitrogen and oxygen atoms in total. The Morgan fingerprint density at radius 3 is 2.54 bits per heavy atom. The van der Waals surface area contributed by atoms with Crippen LogP contribution >= 0.6 is 11.3 Å². The summed E-state index contributed by atoms with van der Waals surface area (Å²) in [5.74, 6) is -1.55. The van der Waals surface area contributed by atoms with Gasteiger partial charge in [-0.25, -0.2) is 4.98 Å². The molecule has 3 rings (SSSR count). The summed E-state index contributed by atoms with van der Waals surface area (Å²) >= 11 is 1.56. The van der Waals surface area contributed by atoms with E-state index in [1.807, 2.05) is 32.2 Å². The van der Waals surface area contributed by atoms with Gasteiger partial charge in [0.05, 0.1) is 46.5 Å². The van der Waals surface area contributed by atoms with Gasteiger partial charge in [-0.15, -0.1) is 11.3 Å². The van der Waals surface area contributed by atoms with Crippen LogP contribution in [-0.2, 0) is 19.1 Å². The first-order chi connectivity index (χ1) is 16.2. The number of nitrogens with zero attached hydrogens (tertiary/aromatic N) is 1. The van der Waals surface area contributed by atoms with Gasteiger partial charge in [0, 0.05) is 17.7 Å². The maximum Gasteiger partial charge on any atom is 0.309 e. The molecule has 3 heterocycles. The van der Waals surface area contributed by atoms with Gasteiger partial charge in [0.1, 0.15) is 11.9 Å². The predicted molar refractivity (Wildman–Crippen MR) is 136 cm³/mol. The lowest BCUT2D eigenvalue weighted by Crippen LogP contribution is -2.45. The van der Waals surface area contributed by atoms with Gasteiger partial charge in [-0.2, -0.15) is 0 Å². The summed E-state index contributed by atoms with van der Waals surface area (Å²) in [5.41, 5.74) is 0.179. The molecular weight excluding hydrogens is 466 g/mol. The van der Waals surface area contributed by atoms with Crippen LogP contribution in [0, 0.1) is 24.2 Å². The monoisotopic (exact) mass is 507 g/mol. The Hall–Kier alpha value is -1.61. The average Bonchev–Trinajstić information content (AvgIpc) is 3.22. The maximum absolute atomic E-state index is 13.2. The summed E-state index contributed by atoms with van der Waals surface area (Å²) in [7, 11) is 0. The minimum Gasteiger partial charge on any atom is -0.458 e. The van der Waals surface area contributed by atoms with Crippen molar-refractivity contribution in [3.63, 3.8) is 0 Å².